The Morgan fingerprint density at radius 1 is 1.50 bits per heavy atom. The summed E-state index contributed by atoms with van der Waals surface area (Å²) >= 11 is 0. The zero-order chi connectivity index (χ0) is 3.54. The molecule has 0 radical (unpaired) electrons. The van der Waals surface area contributed by atoms with Crippen molar-refractivity contribution in [2.24, 2.45) is 0 Å². The maximum Gasteiger partial charge on any atom is 0 e. The van der Waals surface area contributed by atoms with Gasteiger partial charge in [-0.2, -0.15) is 6.08 Å². The van der Waals surface area contributed by atoms with E-state index in [9.17, 15) is 0 Å². The molecule has 0 atom stereocenters. The van der Waals surface area contributed by atoms with E-state index in [-0.39, 0.29) is 38.2 Å². The van der Waals surface area contributed by atoms with Gasteiger partial charge in [-0.1, -0.05) is 0 Å². The van der Waals surface area contributed by atoms with Gasteiger partial charge in [0.15, 0.2) is 0 Å². The first-order valence-electron chi connectivity index (χ1n) is 1.72. The molecule has 1 aliphatic rings. The van der Waals surface area contributed by atoms with Gasteiger partial charge >= 0.3 is 0 Å². The Balaban J connectivity index is 0.000000250. The molecule has 6 heavy (non-hydrogen) atoms. The van der Waals surface area contributed by atoms with Gasteiger partial charge in [-0.05, 0) is 0 Å². The summed E-state index contributed by atoms with van der Waals surface area (Å²) in [4.78, 5) is 0. The van der Waals surface area contributed by atoms with Crippen molar-refractivity contribution < 1.29 is 38.2 Å². The fourth-order valence-electron chi connectivity index (χ4n) is 0.340. The van der Waals surface area contributed by atoms with Crippen LogP contribution in [0.4, 0.5) is 0 Å². The van der Waals surface area contributed by atoms with E-state index in [0.717, 1.165) is 6.42 Å². The number of rotatable bonds is 0. The van der Waals surface area contributed by atoms with Crippen molar-refractivity contribution in [3.8, 4) is 0 Å². The summed E-state index contributed by atoms with van der Waals surface area (Å²) in [5.74, 6) is 0. The van der Waals surface area contributed by atoms with E-state index in [1.165, 1.54) is 0 Å². The number of hydrogen-bond acceptors (Lipinski definition) is 0. The second kappa shape index (κ2) is 3.93. The van der Waals surface area contributed by atoms with Gasteiger partial charge in [-0.15, -0.1) is 6.42 Å². The summed E-state index contributed by atoms with van der Waals surface area (Å²) in [7, 11) is 0. The van der Waals surface area contributed by atoms with Crippen LogP contribution in [0.15, 0.2) is 18.2 Å². The topological polar surface area (TPSA) is 0 Å². The molecule has 0 aromatic rings. The molecular formula is C5H5Dy-. The van der Waals surface area contributed by atoms with Crippen LogP contribution in [0.25, 0.3) is 0 Å². The molecule has 0 aliphatic heterocycles. The molecular weight excluding hydrogens is 223 g/mol. The molecule has 0 aromatic heterocycles. The average molecular weight is 228 g/mol. The third-order valence-corrected chi connectivity index (χ3v) is 0.586. The summed E-state index contributed by atoms with van der Waals surface area (Å²) in [5, 5.41) is 0. The average Bonchev–Trinajstić information content (AvgIpc) is 1.76. The van der Waals surface area contributed by atoms with Crippen molar-refractivity contribution >= 4 is 0 Å². The summed E-state index contributed by atoms with van der Waals surface area (Å²) < 4.78 is 0. The molecule has 0 unspecified atom stereocenters. The van der Waals surface area contributed by atoms with Gasteiger partial charge in [-0.25, -0.2) is 12.2 Å². The molecule has 0 N–H and O–H groups in total. The second-order valence-electron chi connectivity index (χ2n) is 1.00. The van der Waals surface area contributed by atoms with Crippen molar-refractivity contribution in [1.29, 1.82) is 0 Å². The quantitative estimate of drug-likeness (QED) is 0.548. The predicted octanol–water partition coefficient (Wildman–Crippen LogP) is 1.31. The molecule has 0 saturated carbocycles. The van der Waals surface area contributed by atoms with Gasteiger partial charge in [0.05, 0.1) is 0 Å². The molecule has 0 spiro atoms. The number of allylic oxidation sites excluding steroid dienone is 4. The monoisotopic (exact) mass is 229 g/mol. The van der Waals surface area contributed by atoms with Crippen LogP contribution in [0.3, 0.4) is 0 Å². The maximum absolute atomic E-state index is 2.99. The van der Waals surface area contributed by atoms with Crippen LogP contribution < -0.4 is 0 Å². The molecule has 0 nitrogen and oxygen atoms in total. The first kappa shape index (κ1) is 6.75. The molecule has 0 saturated heterocycles. The predicted molar refractivity (Wildman–Crippen MR) is 21.6 cm³/mol. The smallest absolute Gasteiger partial charge is 0 e. The zero-order valence-electron chi connectivity index (χ0n) is 3.26. The van der Waals surface area contributed by atoms with Crippen LogP contribution >= 0.6 is 0 Å². The summed E-state index contributed by atoms with van der Waals surface area (Å²) in [5.41, 5.74) is 0. The number of hydrogen-bond donors (Lipinski definition) is 0. The van der Waals surface area contributed by atoms with E-state index in [1.54, 1.807) is 0 Å². The molecule has 1 aliphatic carbocycles. The molecule has 1 heteroatoms. The zero-order valence-corrected chi connectivity index (χ0v) is 5.28. The van der Waals surface area contributed by atoms with E-state index < -0.39 is 0 Å². The summed E-state index contributed by atoms with van der Waals surface area (Å²) in [6.07, 6.45) is 10.0. The molecule has 0 fully saturated rings. The third-order valence-electron chi connectivity index (χ3n) is 0.586. The largest absolute Gasteiger partial charge is 0.273 e. The van der Waals surface area contributed by atoms with Crippen LogP contribution in [0, 0.1) is 44.2 Å². The third kappa shape index (κ3) is 2.02. The van der Waals surface area contributed by atoms with Gasteiger partial charge in [0.2, 0.25) is 0 Å². The second-order valence-corrected chi connectivity index (χ2v) is 1.00. The van der Waals surface area contributed by atoms with E-state index in [4.69, 9.17) is 0 Å². The standard InChI is InChI=1S/C5H5.Dy/c1-2-4-5-3-1;/h1-3H,4H2;/q-1;. The SMILES string of the molecule is [C-]1=CC=CC1.[Dy]. The fourth-order valence-corrected chi connectivity index (χ4v) is 0.340. The Morgan fingerprint density at radius 2 is 2.33 bits per heavy atom. The van der Waals surface area contributed by atoms with Crippen LogP contribution in [-0.2, 0) is 0 Å². The molecule has 0 amide bonds. The van der Waals surface area contributed by atoms with Crippen molar-refractivity contribution in [2.45, 2.75) is 6.42 Å². The summed E-state index contributed by atoms with van der Waals surface area (Å²) in [6, 6.07) is 0. The van der Waals surface area contributed by atoms with Crippen LogP contribution in [0.1, 0.15) is 6.42 Å². The van der Waals surface area contributed by atoms with Gasteiger partial charge in [0.1, 0.15) is 0 Å². The molecule has 1 rings (SSSR count). The first-order valence-corrected chi connectivity index (χ1v) is 1.72. The van der Waals surface area contributed by atoms with Gasteiger partial charge in [-0.3, -0.25) is 6.08 Å². The minimum absolute atomic E-state index is 0. The molecule has 0 heterocycles. The van der Waals surface area contributed by atoms with Crippen molar-refractivity contribution in [3.63, 3.8) is 0 Å². The van der Waals surface area contributed by atoms with Crippen LogP contribution in [0.5, 0.6) is 0 Å². The maximum atomic E-state index is 2.99. The van der Waals surface area contributed by atoms with E-state index in [1.807, 2.05) is 12.2 Å². The van der Waals surface area contributed by atoms with E-state index in [0.29, 0.717) is 0 Å². The van der Waals surface area contributed by atoms with E-state index >= 15 is 0 Å². The Labute approximate surface area is 68.3 Å². The Kier molecular flexibility index (Phi) is 4.42. The van der Waals surface area contributed by atoms with E-state index in [2.05, 4.69) is 12.2 Å². The van der Waals surface area contributed by atoms with Crippen molar-refractivity contribution in [2.75, 3.05) is 0 Å². The first-order chi connectivity index (χ1) is 2.50. The van der Waals surface area contributed by atoms with Crippen LogP contribution in [-0.4, -0.2) is 0 Å². The van der Waals surface area contributed by atoms with Gasteiger partial charge in [0, 0.05) is 38.2 Å². The van der Waals surface area contributed by atoms with Gasteiger partial charge in [0.25, 0.3) is 0 Å². The Bertz CT molecular complexity index is 62.0. The molecule has 0 bridgehead atoms. The minimum Gasteiger partial charge on any atom is -0.273 e. The van der Waals surface area contributed by atoms with Gasteiger partial charge < -0.3 is 0 Å². The Morgan fingerprint density at radius 3 is 2.50 bits per heavy atom. The Hall–Kier alpha value is 0.753. The van der Waals surface area contributed by atoms with Crippen molar-refractivity contribution in [1.82, 2.24) is 0 Å². The summed E-state index contributed by atoms with van der Waals surface area (Å²) in [6.45, 7) is 0. The molecule has 0 aromatic carbocycles. The molecule has 36 valence electrons. The minimum atomic E-state index is 0. The normalized spacial score (nSPS) is 14.7. The fraction of sp³-hybridized carbons (Fsp3) is 0.200. The van der Waals surface area contributed by atoms with Crippen LogP contribution in [0.2, 0.25) is 0 Å². The van der Waals surface area contributed by atoms with Crippen molar-refractivity contribution in [3.05, 3.63) is 24.3 Å².